The summed E-state index contributed by atoms with van der Waals surface area (Å²) in [7, 11) is -4.00. The average Bonchev–Trinajstić information content (AvgIpc) is 2.33. The second-order valence-electron chi connectivity index (χ2n) is 3.40. The molecule has 1 aromatic rings. The van der Waals surface area contributed by atoms with Crippen LogP contribution in [0.4, 0.5) is 0 Å². The molecule has 0 atom stereocenters. The zero-order chi connectivity index (χ0) is 13.4. The van der Waals surface area contributed by atoms with E-state index in [2.05, 4.69) is 0 Å². The lowest BCUT2D eigenvalue weighted by Crippen LogP contribution is -2.15. The third-order valence-corrected chi connectivity index (χ3v) is 2.64. The lowest BCUT2D eigenvalue weighted by atomic mass is 10.2. The minimum atomic E-state index is -4.00. The molecule has 0 radical (unpaired) electrons. The van der Waals surface area contributed by atoms with Crippen molar-refractivity contribution in [3.05, 3.63) is 35.9 Å². The molecule has 0 amide bonds. The van der Waals surface area contributed by atoms with E-state index in [1.165, 1.54) is 0 Å². The summed E-state index contributed by atoms with van der Waals surface area (Å²) in [5.41, 5.74) is 0.440. The highest BCUT2D eigenvalue weighted by Crippen LogP contribution is 2.00. The molecule has 1 rings (SSSR count). The van der Waals surface area contributed by atoms with E-state index in [0.717, 1.165) is 0 Å². The van der Waals surface area contributed by atoms with E-state index in [-0.39, 0.29) is 19.8 Å². The summed E-state index contributed by atoms with van der Waals surface area (Å²) in [6, 6.07) is 8.48. The first-order valence-corrected chi connectivity index (χ1v) is 6.85. The molecule has 1 N–H and O–H groups in total. The van der Waals surface area contributed by atoms with Gasteiger partial charge in [0.25, 0.3) is 10.1 Å². The van der Waals surface area contributed by atoms with Crippen molar-refractivity contribution in [2.45, 2.75) is 0 Å². The van der Waals surface area contributed by atoms with Gasteiger partial charge >= 0.3 is 5.97 Å². The van der Waals surface area contributed by atoms with Gasteiger partial charge in [-0.1, -0.05) is 18.2 Å². The molecule has 18 heavy (non-hydrogen) atoms. The Labute approximate surface area is 105 Å². The Balaban J connectivity index is 2.14. The summed E-state index contributed by atoms with van der Waals surface area (Å²) in [4.78, 5) is 11.4. The fraction of sp³-hybridized carbons (Fsp3) is 0.364. The van der Waals surface area contributed by atoms with Gasteiger partial charge in [-0.3, -0.25) is 4.55 Å². The highest BCUT2D eigenvalue weighted by atomic mass is 32.2. The van der Waals surface area contributed by atoms with Crippen LogP contribution in [0, 0.1) is 0 Å². The van der Waals surface area contributed by atoms with Gasteiger partial charge in [-0.2, -0.15) is 8.42 Å². The molecule has 0 aliphatic carbocycles. The maximum Gasteiger partial charge on any atom is 0.338 e. The zero-order valence-electron chi connectivity index (χ0n) is 9.61. The first kappa shape index (κ1) is 14.6. The van der Waals surface area contributed by atoms with Gasteiger partial charge in [-0.05, 0) is 12.1 Å². The van der Waals surface area contributed by atoms with E-state index in [9.17, 15) is 13.2 Å². The molecule has 0 spiro atoms. The normalized spacial score (nSPS) is 11.2. The highest BCUT2D eigenvalue weighted by molar-refractivity contribution is 7.85. The molecular weight excluding hydrogens is 260 g/mol. The molecule has 0 bridgehead atoms. The number of carbonyl (C=O) groups is 1. The van der Waals surface area contributed by atoms with E-state index >= 15 is 0 Å². The van der Waals surface area contributed by atoms with Gasteiger partial charge in [0.15, 0.2) is 0 Å². The number of hydrogen-bond donors (Lipinski definition) is 1. The van der Waals surface area contributed by atoms with E-state index < -0.39 is 21.8 Å². The van der Waals surface area contributed by atoms with Crippen LogP contribution < -0.4 is 0 Å². The maximum absolute atomic E-state index is 11.4. The van der Waals surface area contributed by atoms with Crippen molar-refractivity contribution in [1.29, 1.82) is 0 Å². The molecule has 0 heterocycles. The Bertz CT molecular complexity index is 468. The Morgan fingerprint density at radius 2 is 1.78 bits per heavy atom. The number of hydrogen-bond acceptors (Lipinski definition) is 5. The van der Waals surface area contributed by atoms with Crippen molar-refractivity contribution in [2.75, 3.05) is 25.6 Å². The van der Waals surface area contributed by atoms with E-state index in [1.54, 1.807) is 30.3 Å². The van der Waals surface area contributed by atoms with E-state index in [4.69, 9.17) is 14.0 Å². The van der Waals surface area contributed by atoms with E-state index in [1.807, 2.05) is 0 Å². The molecule has 0 aliphatic heterocycles. The Morgan fingerprint density at radius 1 is 1.11 bits per heavy atom. The molecule has 100 valence electrons. The van der Waals surface area contributed by atoms with Crippen LogP contribution >= 0.6 is 0 Å². The van der Waals surface area contributed by atoms with Gasteiger partial charge in [0.1, 0.15) is 6.61 Å². The molecule has 1 aromatic carbocycles. The Morgan fingerprint density at radius 3 is 2.39 bits per heavy atom. The maximum atomic E-state index is 11.4. The second kappa shape index (κ2) is 7.10. The quantitative estimate of drug-likeness (QED) is 0.448. The molecule has 0 unspecified atom stereocenters. The smallest absolute Gasteiger partial charge is 0.338 e. The first-order valence-electron chi connectivity index (χ1n) is 5.24. The van der Waals surface area contributed by atoms with Gasteiger partial charge in [-0.15, -0.1) is 0 Å². The van der Waals surface area contributed by atoms with Crippen LogP contribution in [0.1, 0.15) is 10.4 Å². The number of esters is 1. The van der Waals surface area contributed by atoms with Crippen LogP contribution in [-0.2, 0) is 19.6 Å². The summed E-state index contributed by atoms with van der Waals surface area (Å²) in [6.45, 7) is -0.0327. The van der Waals surface area contributed by atoms with E-state index in [0.29, 0.717) is 5.56 Å². The van der Waals surface area contributed by atoms with Crippen molar-refractivity contribution in [3.8, 4) is 0 Å². The van der Waals surface area contributed by atoms with Crippen molar-refractivity contribution >= 4 is 16.1 Å². The topological polar surface area (TPSA) is 89.9 Å². The fourth-order valence-corrected chi connectivity index (χ4v) is 1.45. The predicted molar refractivity (Wildman–Crippen MR) is 64.0 cm³/mol. The second-order valence-corrected chi connectivity index (χ2v) is 4.97. The summed E-state index contributed by atoms with van der Waals surface area (Å²) < 4.78 is 38.9. The molecule has 0 aromatic heterocycles. The largest absolute Gasteiger partial charge is 0.460 e. The average molecular weight is 274 g/mol. The van der Waals surface area contributed by atoms with Crippen LogP contribution in [0.25, 0.3) is 0 Å². The molecule has 0 saturated heterocycles. The molecule has 0 aliphatic rings. The minimum Gasteiger partial charge on any atom is -0.460 e. The summed E-state index contributed by atoms with van der Waals surface area (Å²) in [5.74, 6) is -0.936. The Kier molecular flexibility index (Phi) is 5.76. The highest BCUT2D eigenvalue weighted by Gasteiger charge is 2.06. The number of rotatable bonds is 7. The molecule has 7 heteroatoms. The SMILES string of the molecule is O=C(OCCOCCS(=O)(=O)O)c1ccccc1. The van der Waals surface area contributed by atoms with Crippen LogP contribution in [0.2, 0.25) is 0 Å². The number of ether oxygens (including phenoxy) is 2. The van der Waals surface area contributed by atoms with Crippen molar-refractivity contribution in [3.63, 3.8) is 0 Å². The summed E-state index contributed by atoms with van der Waals surface area (Å²) in [6.07, 6.45) is 0. The van der Waals surface area contributed by atoms with Crippen molar-refractivity contribution in [1.82, 2.24) is 0 Å². The van der Waals surface area contributed by atoms with Crippen molar-refractivity contribution < 1.29 is 27.2 Å². The zero-order valence-corrected chi connectivity index (χ0v) is 10.4. The Hall–Kier alpha value is -1.44. The predicted octanol–water partition coefficient (Wildman–Crippen LogP) is 0.748. The molecule has 6 nitrogen and oxygen atoms in total. The van der Waals surface area contributed by atoms with Gasteiger partial charge in [-0.25, -0.2) is 4.79 Å². The van der Waals surface area contributed by atoms with Gasteiger partial charge in [0, 0.05) is 0 Å². The first-order chi connectivity index (χ1) is 8.49. The number of benzene rings is 1. The number of carbonyl (C=O) groups excluding carboxylic acids is 1. The lowest BCUT2D eigenvalue weighted by molar-refractivity contribution is 0.0336. The van der Waals surface area contributed by atoms with Gasteiger partial charge < -0.3 is 9.47 Å². The lowest BCUT2D eigenvalue weighted by Gasteiger charge is -2.05. The monoisotopic (exact) mass is 274 g/mol. The third-order valence-electron chi connectivity index (χ3n) is 1.96. The van der Waals surface area contributed by atoms with Crippen LogP contribution in [0.3, 0.4) is 0 Å². The van der Waals surface area contributed by atoms with Crippen LogP contribution in [0.15, 0.2) is 30.3 Å². The molecule has 0 fully saturated rings. The fourth-order valence-electron chi connectivity index (χ4n) is 1.12. The van der Waals surface area contributed by atoms with Gasteiger partial charge in [0.05, 0.1) is 24.5 Å². The molecule has 0 saturated carbocycles. The van der Waals surface area contributed by atoms with Crippen LogP contribution in [-0.4, -0.2) is 44.5 Å². The minimum absolute atomic E-state index is 0.0270. The van der Waals surface area contributed by atoms with Crippen molar-refractivity contribution in [2.24, 2.45) is 0 Å². The summed E-state index contributed by atoms with van der Waals surface area (Å²) in [5, 5.41) is 0. The standard InChI is InChI=1S/C11H14O6S/c12-11(10-4-2-1-3-5-10)17-7-6-16-8-9-18(13,14)15/h1-5H,6-9H2,(H,13,14,15). The molecular formula is C11H14O6S. The third kappa shape index (κ3) is 6.33. The van der Waals surface area contributed by atoms with Crippen LogP contribution in [0.5, 0.6) is 0 Å². The summed E-state index contributed by atoms with van der Waals surface area (Å²) >= 11 is 0. The van der Waals surface area contributed by atoms with Gasteiger partial charge in [0.2, 0.25) is 0 Å².